The van der Waals surface area contributed by atoms with E-state index in [4.69, 9.17) is 0 Å². The summed E-state index contributed by atoms with van der Waals surface area (Å²) < 4.78 is 13.4. The smallest absolute Gasteiger partial charge is 0.311 e. The van der Waals surface area contributed by atoms with Crippen LogP contribution in [0.5, 0.6) is 0 Å². The second-order valence-corrected chi connectivity index (χ2v) is 3.59. The summed E-state index contributed by atoms with van der Waals surface area (Å²) in [5, 5.41) is 2.99. The Hall–Kier alpha value is -2.57. The molecule has 0 saturated heterocycles. The molecule has 3 aromatic heterocycles. The average Bonchev–Trinajstić information content (AvgIpc) is 2.85. The third kappa shape index (κ3) is 1.56. The Balaban J connectivity index is 2.34. The first kappa shape index (κ1) is 10.6. The van der Waals surface area contributed by atoms with E-state index in [1.165, 1.54) is 6.33 Å². The lowest BCUT2D eigenvalue weighted by molar-refractivity contribution is 0.545. The van der Waals surface area contributed by atoms with Gasteiger partial charge in [0.15, 0.2) is 5.65 Å². The number of hydrogen-bond donors (Lipinski definition) is 2. The van der Waals surface area contributed by atoms with Crippen molar-refractivity contribution in [2.24, 2.45) is 0 Å². The summed E-state index contributed by atoms with van der Waals surface area (Å²) in [6, 6.07) is 3.63. The Bertz CT molecular complexity index is 708. The van der Waals surface area contributed by atoms with E-state index in [0.29, 0.717) is 16.9 Å². The first-order valence-electron chi connectivity index (χ1n) is 5.29. The van der Waals surface area contributed by atoms with Crippen LogP contribution in [-0.4, -0.2) is 32.0 Å². The molecule has 0 fully saturated rings. The molecule has 3 heterocycles. The molecule has 3 aromatic rings. The van der Waals surface area contributed by atoms with E-state index in [9.17, 15) is 4.39 Å². The van der Waals surface area contributed by atoms with Crippen LogP contribution in [0.2, 0.25) is 0 Å². The summed E-state index contributed by atoms with van der Waals surface area (Å²) in [4.78, 5) is 18.5. The fraction of sp³-hybridized carbons (Fsp3) is 0.0909. The van der Waals surface area contributed by atoms with Crippen molar-refractivity contribution >= 4 is 16.9 Å². The summed E-state index contributed by atoms with van der Waals surface area (Å²) in [7, 11) is 1.77. The molecular formula is C11H9FN6. The molecule has 0 amide bonds. The Morgan fingerprint density at radius 2 is 2.11 bits per heavy atom. The van der Waals surface area contributed by atoms with Crippen LogP contribution in [0.3, 0.4) is 0 Å². The van der Waals surface area contributed by atoms with Gasteiger partial charge in [-0.25, -0.2) is 4.98 Å². The van der Waals surface area contributed by atoms with E-state index in [0.717, 1.165) is 5.69 Å². The van der Waals surface area contributed by atoms with Gasteiger partial charge in [0.1, 0.15) is 16.9 Å². The number of nitrogens with one attached hydrogen (secondary N) is 2. The zero-order valence-corrected chi connectivity index (χ0v) is 9.48. The fourth-order valence-electron chi connectivity index (χ4n) is 1.77. The molecule has 0 bridgehead atoms. The van der Waals surface area contributed by atoms with Gasteiger partial charge in [-0.15, -0.1) is 0 Å². The molecule has 6 nitrogen and oxygen atoms in total. The van der Waals surface area contributed by atoms with Crippen LogP contribution in [0.15, 0.2) is 24.7 Å². The Morgan fingerprint density at radius 3 is 2.94 bits per heavy atom. The number of imidazole rings is 1. The molecule has 2 N–H and O–H groups in total. The van der Waals surface area contributed by atoms with Gasteiger partial charge in [0.2, 0.25) is 0 Å². The minimum atomic E-state index is -0.822. The van der Waals surface area contributed by atoms with Gasteiger partial charge in [-0.1, -0.05) is 0 Å². The summed E-state index contributed by atoms with van der Waals surface area (Å²) in [6.07, 6.45) is 2.25. The molecule has 3 rings (SSSR count). The third-order valence-corrected chi connectivity index (χ3v) is 2.56. The molecule has 0 saturated carbocycles. The van der Waals surface area contributed by atoms with Crippen molar-refractivity contribution in [2.45, 2.75) is 0 Å². The molecule has 18 heavy (non-hydrogen) atoms. The second-order valence-electron chi connectivity index (χ2n) is 3.59. The highest BCUT2D eigenvalue weighted by Crippen LogP contribution is 2.27. The van der Waals surface area contributed by atoms with Gasteiger partial charge in [-0.2, -0.15) is 14.4 Å². The fourth-order valence-corrected chi connectivity index (χ4v) is 1.77. The van der Waals surface area contributed by atoms with E-state index in [1.807, 2.05) is 6.07 Å². The zero-order valence-electron chi connectivity index (χ0n) is 9.48. The molecule has 0 aliphatic rings. The summed E-state index contributed by atoms with van der Waals surface area (Å²) in [5.74, 6) is 0. The van der Waals surface area contributed by atoms with Crippen molar-refractivity contribution in [3.8, 4) is 11.4 Å². The lowest BCUT2D eigenvalue weighted by Gasteiger charge is -2.07. The average molecular weight is 244 g/mol. The lowest BCUT2D eigenvalue weighted by Crippen LogP contribution is -1.99. The predicted molar refractivity (Wildman–Crippen MR) is 64.4 cm³/mol. The van der Waals surface area contributed by atoms with E-state index < -0.39 is 6.08 Å². The maximum Gasteiger partial charge on any atom is 0.311 e. The number of halogens is 1. The van der Waals surface area contributed by atoms with Gasteiger partial charge in [-0.3, -0.25) is 4.98 Å². The van der Waals surface area contributed by atoms with Gasteiger partial charge in [0.05, 0.1) is 12.0 Å². The van der Waals surface area contributed by atoms with Crippen LogP contribution in [0.4, 0.5) is 10.1 Å². The molecule has 90 valence electrons. The molecule has 0 aromatic carbocycles. The number of H-pyrrole nitrogens is 1. The van der Waals surface area contributed by atoms with E-state index in [1.54, 1.807) is 19.3 Å². The molecule has 0 unspecified atom stereocenters. The molecule has 0 spiro atoms. The number of hydrogen-bond acceptors (Lipinski definition) is 5. The number of nitrogens with zero attached hydrogens (tertiary/aromatic N) is 4. The number of rotatable bonds is 2. The first-order chi connectivity index (χ1) is 8.79. The molecule has 0 aliphatic heterocycles. The van der Waals surface area contributed by atoms with Crippen molar-refractivity contribution in [1.82, 2.24) is 24.9 Å². The van der Waals surface area contributed by atoms with Crippen molar-refractivity contribution in [3.63, 3.8) is 0 Å². The number of pyridine rings is 1. The predicted octanol–water partition coefficient (Wildman–Crippen LogP) is 1.60. The second kappa shape index (κ2) is 4.02. The van der Waals surface area contributed by atoms with Gasteiger partial charge in [0.25, 0.3) is 0 Å². The number of aromatic amines is 1. The highest BCUT2D eigenvalue weighted by molar-refractivity contribution is 5.89. The topological polar surface area (TPSA) is 79.4 Å². The Kier molecular flexibility index (Phi) is 2.36. The maximum atomic E-state index is 13.4. The quantitative estimate of drug-likeness (QED) is 0.669. The highest BCUT2D eigenvalue weighted by Gasteiger charge is 2.15. The summed E-state index contributed by atoms with van der Waals surface area (Å²) >= 11 is 0. The summed E-state index contributed by atoms with van der Waals surface area (Å²) in [6.45, 7) is 0. The van der Waals surface area contributed by atoms with Crippen LogP contribution in [-0.2, 0) is 0 Å². The first-order valence-corrected chi connectivity index (χ1v) is 5.29. The van der Waals surface area contributed by atoms with Gasteiger partial charge in [-0.05, 0) is 12.1 Å². The van der Waals surface area contributed by atoms with E-state index in [2.05, 4.69) is 30.2 Å². The molecular weight excluding hydrogens is 235 g/mol. The van der Waals surface area contributed by atoms with Gasteiger partial charge in [0, 0.05) is 13.2 Å². The molecule has 0 aliphatic carbocycles. The maximum absolute atomic E-state index is 13.4. The Labute approximate surface area is 101 Å². The SMILES string of the molecule is CNc1cccnc1-c1nc(F)nc2nc[nH]c12. The zero-order chi connectivity index (χ0) is 12.5. The monoisotopic (exact) mass is 244 g/mol. The lowest BCUT2D eigenvalue weighted by atomic mass is 10.2. The third-order valence-electron chi connectivity index (χ3n) is 2.56. The largest absolute Gasteiger partial charge is 0.386 e. The minimum Gasteiger partial charge on any atom is -0.386 e. The number of anilines is 1. The molecule has 0 radical (unpaired) electrons. The standard InChI is InChI=1S/C11H9FN6/c1-13-6-3-2-4-14-7(6)8-9-10(16-5-15-9)18-11(12)17-8/h2-5,13H,1H3,(H,15,16,17,18). The summed E-state index contributed by atoms with van der Waals surface area (Å²) in [5.41, 5.74) is 2.54. The van der Waals surface area contributed by atoms with Gasteiger partial charge >= 0.3 is 6.08 Å². The van der Waals surface area contributed by atoms with Crippen molar-refractivity contribution in [3.05, 3.63) is 30.7 Å². The molecule has 7 heteroatoms. The Morgan fingerprint density at radius 1 is 1.22 bits per heavy atom. The van der Waals surface area contributed by atoms with Crippen LogP contribution < -0.4 is 5.32 Å². The van der Waals surface area contributed by atoms with Crippen LogP contribution in [0, 0.1) is 6.08 Å². The van der Waals surface area contributed by atoms with Gasteiger partial charge < -0.3 is 10.3 Å². The molecule has 0 atom stereocenters. The van der Waals surface area contributed by atoms with E-state index >= 15 is 0 Å². The van der Waals surface area contributed by atoms with Crippen molar-refractivity contribution in [2.75, 3.05) is 12.4 Å². The number of fused-ring (bicyclic) bond motifs is 1. The van der Waals surface area contributed by atoms with Crippen LogP contribution in [0.25, 0.3) is 22.6 Å². The minimum absolute atomic E-state index is 0.283. The van der Waals surface area contributed by atoms with Crippen molar-refractivity contribution in [1.29, 1.82) is 0 Å². The van der Waals surface area contributed by atoms with Crippen LogP contribution >= 0.6 is 0 Å². The van der Waals surface area contributed by atoms with Crippen LogP contribution in [0.1, 0.15) is 0 Å². The number of aromatic nitrogens is 5. The van der Waals surface area contributed by atoms with E-state index in [-0.39, 0.29) is 5.65 Å². The highest BCUT2D eigenvalue weighted by atomic mass is 19.1. The van der Waals surface area contributed by atoms with Crippen molar-refractivity contribution < 1.29 is 4.39 Å². The normalized spacial score (nSPS) is 10.8.